The number of rotatable bonds is 3. The summed E-state index contributed by atoms with van der Waals surface area (Å²) < 4.78 is 10.6. The van der Waals surface area contributed by atoms with Crippen molar-refractivity contribution in [1.29, 1.82) is 0 Å². The number of benzene rings is 1. The molecule has 0 radical (unpaired) electrons. The van der Waals surface area contributed by atoms with Gasteiger partial charge in [0.25, 0.3) is 5.91 Å². The van der Waals surface area contributed by atoms with Gasteiger partial charge in [-0.15, -0.1) is 0 Å². The van der Waals surface area contributed by atoms with Crippen molar-refractivity contribution < 1.29 is 14.3 Å². The van der Waals surface area contributed by atoms with Gasteiger partial charge in [-0.25, -0.2) is 0 Å². The normalized spacial score (nSPS) is 24.5. The highest BCUT2D eigenvalue weighted by Gasteiger charge is 2.36. The van der Waals surface area contributed by atoms with Crippen LogP contribution in [0.1, 0.15) is 48.9 Å². The van der Waals surface area contributed by atoms with Crippen molar-refractivity contribution in [1.82, 2.24) is 4.90 Å². The van der Waals surface area contributed by atoms with Gasteiger partial charge in [0.1, 0.15) is 11.5 Å². The molecular formula is C18H25NO3. The van der Waals surface area contributed by atoms with E-state index in [4.69, 9.17) is 9.47 Å². The topological polar surface area (TPSA) is 38.8 Å². The lowest BCUT2D eigenvalue weighted by molar-refractivity contribution is 0.0390. The molecule has 1 heterocycles. The highest BCUT2D eigenvalue weighted by molar-refractivity contribution is 5.95. The third-order valence-corrected chi connectivity index (χ3v) is 5.10. The van der Waals surface area contributed by atoms with Gasteiger partial charge in [-0.2, -0.15) is 0 Å². The SMILES string of the molecule is COc1cc(OC)cc(C(=O)N2CCCC3CCCCC32)c1. The minimum Gasteiger partial charge on any atom is -0.497 e. The molecule has 0 N–H and O–H groups in total. The van der Waals surface area contributed by atoms with Crippen molar-refractivity contribution in [3.63, 3.8) is 0 Å². The quantitative estimate of drug-likeness (QED) is 0.858. The summed E-state index contributed by atoms with van der Waals surface area (Å²) in [5.74, 6) is 2.15. The number of piperidine rings is 1. The van der Waals surface area contributed by atoms with E-state index in [1.54, 1.807) is 20.3 Å². The minimum atomic E-state index is 0.119. The van der Waals surface area contributed by atoms with Crippen LogP contribution in [0.15, 0.2) is 18.2 Å². The Morgan fingerprint density at radius 2 is 1.64 bits per heavy atom. The molecule has 120 valence electrons. The third kappa shape index (κ3) is 2.92. The molecule has 2 fully saturated rings. The zero-order valence-corrected chi connectivity index (χ0v) is 13.5. The number of nitrogens with zero attached hydrogens (tertiary/aromatic N) is 1. The average molecular weight is 303 g/mol. The Morgan fingerprint density at radius 1 is 1.00 bits per heavy atom. The summed E-state index contributed by atoms with van der Waals surface area (Å²) in [6.45, 7) is 0.875. The van der Waals surface area contributed by atoms with Gasteiger partial charge in [0.15, 0.2) is 0 Å². The first-order valence-electron chi connectivity index (χ1n) is 8.27. The summed E-state index contributed by atoms with van der Waals surface area (Å²) in [7, 11) is 3.22. The summed E-state index contributed by atoms with van der Waals surface area (Å²) >= 11 is 0. The number of amides is 1. The summed E-state index contributed by atoms with van der Waals surface area (Å²) in [6.07, 6.45) is 7.37. The van der Waals surface area contributed by atoms with Crippen molar-refractivity contribution in [3.05, 3.63) is 23.8 Å². The fourth-order valence-electron chi connectivity index (χ4n) is 3.97. The number of carbonyl (C=O) groups is 1. The summed E-state index contributed by atoms with van der Waals surface area (Å²) in [4.78, 5) is 15.1. The van der Waals surface area contributed by atoms with Crippen molar-refractivity contribution in [2.24, 2.45) is 5.92 Å². The number of likely N-dealkylation sites (tertiary alicyclic amines) is 1. The van der Waals surface area contributed by atoms with E-state index in [2.05, 4.69) is 4.90 Å². The molecule has 2 atom stereocenters. The van der Waals surface area contributed by atoms with Crippen LogP contribution < -0.4 is 9.47 Å². The van der Waals surface area contributed by atoms with Crippen LogP contribution in [0.2, 0.25) is 0 Å². The van der Waals surface area contributed by atoms with Crippen LogP contribution in [0.4, 0.5) is 0 Å². The van der Waals surface area contributed by atoms with E-state index in [9.17, 15) is 4.79 Å². The van der Waals surface area contributed by atoms with Gasteiger partial charge in [0.05, 0.1) is 14.2 Å². The molecule has 4 heteroatoms. The molecule has 2 aliphatic rings. The van der Waals surface area contributed by atoms with E-state index in [0.717, 1.165) is 19.4 Å². The Morgan fingerprint density at radius 3 is 2.32 bits per heavy atom. The minimum absolute atomic E-state index is 0.119. The Labute approximate surface area is 132 Å². The summed E-state index contributed by atoms with van der Waals surface area (Å²) in [5, 5.41) is 0. The molecule has 1 amide bonds. The lowest BCUT2D eigenvalue weighted by Crippen LogP contribution is -2.49. The fourth-order valence-corrected chi connectivity index (χ4v) is 3.97. The van der Waals surface area contributed by atoms with Crippen molar-refractivity contribution in [2.45, 2.75) is 44.6 Å². The number of fused-ring (bicyclic) bond motifs is 1. The van der Waals surface area contributed by atoms with Crippen LogP contribution in [0, 0.1) is 5.92 Å². The molecule has 4 nitrogen and oxygen atoms in total. The molecule has 1 aromatic carbocycles. The molecular weight excluding hydrogens is 278 g/mol. The van der Waals surface area contributed by atoms with Gasteiger partial charge in [0, 0.05) is 24.2 Å². The van der Waals surface area contributed by atoms with Gasteiger partial charge in [-0.3, -0.25) is 4.79 Å². The molecule has 1 aliphatic carbocycles. The van der Waals surface area contributed by atoms with Crippen LogP contribution >= 0.6 is 0 Å². The molecule has 1 saturated carbocycles. The van der Waals surface area contributed by atoms with E-state index >= 15 is 0 Å². The standard InChI is InChI=1S/C18H25NO3/c1-21-15-10-14(11-16(12-15)22-2)18(20)19-9-5-7-13-6-3-4-8-17(13)19/h10-13,17H,3-9H2,1-2H3. The van der Waals surface area contributed by atoms with Gasteiger partial charge < -0.3 is 14.4 Å². The van der Waals surface area contributed by atoms with E-state index < -0.39 is 0 Å². The maximum absolute atomic E-state index is 13.0. The second-order valence-electron chi connectivity index (χ2n) is 6.35. The predicted molar refractivity (Wildman–Crippen MR) is 85.6 cm³/mol. The Kier molecular flexibility index (Phi) is 4.55. The van der Waals surface area contributed by atoms with Gasteiger partial charge in [-0.1, -0.05) is 12.8 Å². The van der Waals surface area contributed by atoms with Crippen LogP contribution in [0.25, 0.3) is 0 Å². The van der Waals surface area contributed by atoms with E-state index in [0.29, 0.717) is 29.0 Å². The Balaban J connectivity index is 1.86. The fraction of sp³-hybridized carbons (Fsp3) is 0.611. The highest BCUT2D eigenvalue weighted by atomic mass is 16.5. The van der Waals surface area contributed by atoms with Gasteiger partial charge in [0.2, 0.25) is 0 Å². The van der Waals surface area contributed by atoms with Crippen molar-refractivity contribution >= 4 is 5.91 Å². The molecule has 0 bridgehead atoms. The average Bonchev–Trinajstić information content (AvgIpc) is 2.60. The number of ether oxygens (including phenoxy) is 2. The molecule has 1 aromatic rings. The molecule has 1 saturated heterocycles. The van der Waals surface area contributed by atoms with Crippen LogP contribution in [0.3, 0.4) is 0 Å². The Hall–Kier alpha value is -1.71. The third-order valence-electron chi connectivity index (χ3n) is 5.10. The van der Waals surface area contributed by atoms with E-state index in [1.807, 2.05) is 12.1 Å². The number of methoxy groups -OCH3 is 2. The molecule has 2 unspecified atom stereocenters. The maximum atomic E-state index is 13.0. The van der Waals surface area contributed by atoms with E-state index in [-0.39, 0.29) is 5.91 Å². The number of hydrogen-bond donors (Lipinski definition) is 0. The predicted octanol–water partition coefficient (Wildman–Crippen LogP) is 3.50. The number of carbonyl (C=O) groups excluding carboxylic acids is 1. The summed E-state index contributed by atoms with van der Waals surface area (Å²) in [6, 6.07) is 5.86. The van der Waals surface area contributed by atoms with Gasteiger partial charge in [-0.05, 0) is 43.7 Å². The van der Waals surface area contributed by atoms with Crippen LogP contribution in [0.5, 0.6) is 11.5 Å². The largest absolute Gasteiger partial charge is 0.497 e. The zero-order valence-electron chi connectivity index (χ0n) is 13.5. The number of hydrogen-bond acceptors (Lipinski definition) is 3. The first kappa shape index (κ1) is 15.2. The Bertz CT molecular complexity index is 519. The van der Waals surface area contributed by atoms with Crippen LogP contribution in [-0.2, 0) is 0 Å². The zero-order chi connectivity index (χ0) is 15.5. The first-order valence-corrected chi connectivity index (χ1v) is 8.27. The lowest BCUT2D eigenvalue weighted by atomic mass is 9.78. The van der Waals surface area contributed by atoms with Crippen molar-refractivity contribution in [2.75, 3.05) is 20.8 Å². The monoisotopic (exact) mass is 303 g/mol. The van der Waals surface area contributed by atoms with Gasteiger partial charge >= 0.3 is 0 Å². The van der Waals surface area contributed by atoms with Crippen molar-refractivity contribution in [3.8, 4) is 11.5 Å². The maximum Gasteiger partial charge on any atom is 0.254 e. The molecule has 0 aromatic heterocycles. The first-order chi connectivity index (χ1) is 10.7. The second-order valence-corrected chi connectivity index (χ2v) is 6.35. The summed E-state index contributed by atoms with van der Waals surface area (Å²) in [5.41, 5.74) is 0.669. The smallest absolute Gasteiger partial charge is 0.254 e. The van der Waals surface area contributed by atoms with Crippen LogP contribution in [-0.4, -0.2) is 37.6 Å². The molecule has 1 aliphatic heterocycles. The van der Waals surface area contributed by atoms with E-state index in [1.165, 1.54) is 25.7 Å². The lowest BCUT2D eigenvalue weighted by Gasteiger charge is -2.44. The molecule has 3 rings (SSSR count). The second kappa shape index (κ2) is 6.59. The highest BCUT2D eigenvalue weighted by Crippen LogP contribution is 2.36. The molecule has 0 spiro atoms. The molecule has 22 heavy (non-hydrogen) atoms.